The highest BCUT2D eigenvalue weighted by Gasteiger charge is 2.23. The Labute approximate surface area is 130 Å². The summed E-state index contributed by atoms with van der Waals surface area (Å²) in [5.41, 5.74) is 1.85. The van der Waals surface area contributed by atoms with Gasteiger partial charge in [0.2, 0.25) is 11.8 Å². The molecule has 1 aromatic heterocycles. The van der Waals surface area contributed by atoms with Crippen molar-refractivity contribution in [2.45, 2.75) is 0 Å². The fourth-order valence-corrected chi connectivity index (χ4v) is 3.59. The van der Waals surface area contributed by atoms with Crippen molar-refractivity contribution in [3.05, 3.63) is 35.7 Å². The molecule has 0 saturated carbocycles. The van der Waals surface area contributed by atoms with E-state index in [-0.39, 0.29) is 18.4 Å². The van der Waals surface area contributed by atoms with Crippen LogP contribution in [0.2, 0.25) is 0 Å². The molecule has 0 radical (unpaired) electrons. The highest BCUT2D eigenvalue weighted by Crippen LogP contribution is 2.24. The lowest BCUT2D eigenvalue weighted by molar-refractivity contribution is -0.130. The van der Waals surface area contributed by atoms with E-state index in [1.165, 1.54) is 23.1 Å². The molecule has 1 aromatic carbocycles. The van der Waals surface area contributed by atoms with Gasteiger partial charge in [0.15, 0.2) is 5.13 Å². The average molecular weight is 319 g/mol. The number of nitrogens with zero attached hydrogens (tertiary/aromatic N) is 2. The molecular formula is C14H13N3O2S2. The number of anilines is 1. The van der Waals surface area contributed by atoms with Gasteiger partial charge in [0, 0.05) is 10.9 Å². The summed E-state index contributed by atoms with van der Waals surface area (Å²) in [6, 6.07) is 9.79. The van der Waals surface area contributed by atoms with Crippen molar-refractivity contribution in [2.24, 2.45) is 0 Å². The molecule has 2 amide bonds. The topological polar surface area (TPSA) is 62.3 Å². The van der Waals surface area contributed by atoms with Gasteiger partial charge < -0.3 is 10.2 Å². The number of thiazole rings is 1. The van der Waals surface area contributed by atoms with E-state index in [1.807, 2.05) is 35.7 Å². The number of nitrogens with one attached hydrogen (secondary N) is 1. The van der Waals surface area contributed by atoms with Crippen molar-refractivity contribution < 1.29 is 9.59 Å². The van der Waals surface area contributed by atoms with Gasteiger partial charge in [-0.25, -0.2) is 4.98 Å². The van der Waals surface area contributed by atoms with Crippen LogP contribution in [0.5, 0.6) is 0 Å². The Bertz CT molecular complexity index is 657. The molecule has 1 aliphatic rings. The van der Waals surface area contributed by atoms with Crippen LogP contribution in [0.15, 0.2) is 35.7 Å². The lowest BCUT2D eigenvalue weighted by Crippen LogP contribution is -2.34. The highest BCUT2D eigenvalue weighted by atomic mass is 32.2. The molecule has 0 aliphatic carbocycles. The Kier molecular flexibility index (Phi) is 4.21. The van der Waals surface area contributed by atoms with Gasteiger partial charge in [-0.15, -0.1) is 23.1 Å². The van der Waals surface area contributed by atoms with Crippen LogP contribution < -0.4 is 5.32 Å². The number of hydrogen-bond donors (Lipinski definition) is 1. The zero-order chi connectivity index (χ0) is 14.7. The number of carbonyl (C=O) groups excluding carboxylic acids is 2. The maximum atomic E-state index is 11.9. The third kappa shape index (κ3) is 3.43. The zero-order valence-corrected chi connectivity index (χ0v) is 12.7. The minimum Gasteiger partial charge on any atom is -0.323 e. The summed E-state index contributed by atoms with van der Waals surface area (Å²) in [6.07, 6.45) is 0. The van der Waals surface area contributed by atoms with Crippen molar-refractivity contribution in [1.82, 2.24) is 9.88 Å². The average Bonchev–Trinajstić information content (AvgIpc) is 3.10. The first-order chi connectivity index (χ1) is 10.2. The van der Waals surface area contributed by atoms with E-state index in [4.69, 9.17) is 0 Å². The largest absolute Gasteiger partial charge is 0.323 e. The first-order valence-corrected chi connectivity index (χ1v) is 8.42. The molecule has 1 saturated heterocycles. The Morgan fingerprint density at radius 1 is 1.33 bits per heavy atom. The summed E-state index contributed by atoms with van der Waals surface area (Å²) in [4.78, 5) is 29.3. The molecule has 0 bridgehead atoms. The van der Waals surface area contributed by atoms with Crippen molar-refractivity contribution in [1.29, 1.82) is 0 Å². The normalized spacial score (nSPS) is 14.5. The molecular weight excluding hydrogens is 306 g/mol. The van der Waals surface area contributed by atoms with E-state index < -0.39 is 0 Å². The number of benzene rings is 1. The van der Waals surface area contributed by atoms with E-state index in [9.17, 15) is 9.59 Å². The van der Waals surface area contributed by atoms with Crippen LogP contribution in [0.25, 0.3) is 11.3 Å². The quantitative estimate of drug-likeness (QED) is 0.939. The minimum atomic E-state index is -0.209. The number of carbonyl (C=O) groups is 2. The maximum absolute atomic E-state index is 11.9. The standard InChI is InChI=1S/C14H13N3O2S2/c18-12(6-17-9-20-8-13(17)19)16-14-15-11(7-21-14)10-4-2-1-3-5-10/h1-5,7H,6,8-9H2,(H,15,16,18). The van der Waals surface area contributed by atoms with Crippen molar-refractivity contribution in [3.63, 3.8) is 0 Å². The van der Waals surface area contributed by atoms with E-state index >= 15 is 0 Å². The molecule has 1 N–H and O–H groups in total. The van der Waals surface area contributed by atoms with Gasteiger partial charge in [0.05, 0.1) is 17.3 Å². The van der Waals surface area contributed by atoms with Crippen LogP contribution >= 0.6 is 23.1 Å². The first kappa shape index (κ1) is 14.1. The van der Waals surface area contributed by atoms with Crippen LogP contribution in [0.3, 0.4) is 0 Å². The van der Waals surface area contributed by atoms with Gasteiger partial charge in [-0.2, -0.15) is 0 Å². The molecule has 21 heavy (non-hydrogen) atoms. The van der Waals surface area contributed by atoms with Gasteiger partial charge in [-0.1, -0.05) is 30.3 Å². The van der Waals surface area contributed by atoms with Gasteiger partial charge in [-0.3, -0.25) is 9.59 Å². The van der Waals surface area contributed by atoms with Gasteiger partial charge in [-0.05, 0) is 0 Å². The Morgan fingerprint density at radius 3 is 2.86 bits per heavy atom. The second-order valence-electron chi connectivity index (χ2n) is 4.52. The van der Waals surface area contributed by atoms with Crippen molar-refractivity contribution in [2.75, 3.05) is 23.5 Å². The van der Waals surface area contributed by atoms with Crippen molar-refractivity contribution >= 4 is 40.0 Å². The molecule has 0 spiro atoms. The van der Waals surface area contributed by atoms with Crippen LogP contribution in [0.1, 0.15) is 0 Å². The predicted molar refractivity (Wildman–Crippen MR) is 85.2 cm³/mol. The van der Waals surface area contributed by atoms with Crippen LogP contribution in [0, 0.1) is 0 Å². The summed E-state index contributed by atoms with van der Waals surface area (Å²) in [7, 11) is 0. The van der Waals surface area contributed by atoms with Gasteiger partial charge >= 0.3 is 0 Å². The minimum absolute atomic E-state index is 0.0132. The summed E-state index contributed by atoms with van der Waals surface area (Å²) in [6.45, 7) is 0.0894. The molecule has 7 heteroatoms. The van der Waals surface area contributed by atoms with Gasteiger partial charge in [0.25, 0.3) is 0 Å². The SMILES string of the molecule is O=C(CN1CSCC1=O)Nc1nc(-c2ccccc2)cs1. The maximum Gasteiger partial charge on any atom is 0.245 e. The fourth-order valence-electron chi connectivity index (χ4n) is 1.95. The molecule has 2 aromatic rings. The molecule has 5 nitrogen and oxygen atoms in total. The molecule has 0 atom stereocenters. The molecule has 1 fully saturated rings. The van der Waals surface area contributed by atoms with E-state index in [0.29, 0.717) is 16.8 Å². The third-order valence-corrected chi connectivity index (χ3v) is 4.68. The van der Waals surface area contributed by atoms with Gasteiger partial charge in [0.1, 0.15) is 6.54 Å². The summed E-state index contributed by atoms with van der Waals surface area (Å²) in [5.74, 6) is 0.848. The van der Waals surface area contributed by atoms with E-state index in [0.717, 1.165) is 11.3 Å². The Hall–Kier alpha value is -1.86. The number of amides is 2. The first-order valence-electron chi connectivity index (χ1n) is 6.39. The predicted octanol–water partition coefficient (Wildman–Crippen LogP) is 2.28. The summed E-state index contributed by atoms with van der Waals surface area (Å²) in [5, 5.41) is 5.20. The third-order valence-electron chi connectivity index (χ3n) is 2.98. The molecule has 3 rings (SSSR count). The molecule has 1 aliphatic heterocycles. The number of thioether (sulfide) groups is 1. The number of aromatic nitrogens is 1. The highest BCUT2D eigenvalue weighted by molar-refractivity contribution is 8.00. The zero-order valence-electron chi connectivity index (χ0n) is 11.1. The summed E-state index contributed by atoms with van der Waals surface area (Å²) < 4.78 is 0. The lowest BCUT2D eigenvalue weighted by Gasteiger charge is -2.12. The van der Waals surface area contributed by atoms with Crippen molar-refractivity contribution in [3.8, 4) is 11.3 Å². The number of rotatable bonds is 4. The monoisotopic (exact) mass is 319 g/mol. The Morgan fingerprint density at radius 2 is 2.14 bits per heavy atom. The lowest BCUT2D eigenvalue weighted by atomic mass is 10.2. The second-order valence-corrected chi connectivity index (χ2v) is 6.33. The smallest absolute Gasteiger partial charge is 0.245 e. The fraction of sp³-hybridized carbons (Fsp3) is 0.214. The van der Waals surface area contributed by atoms with Crippen LogP contribution in [0.4, 0.5) is 5.13 Å². The molecule has 108 valence electrons. The molecule has 0 unspecified atom stereocenters. The van der Waals surface area contributed by atoms with Crippen LogP contribution in [-0.4, -0.2) is 39.9 Å². The van der Waals surface area contributed by atoms with Crippen LogP contribution in [-0.2, 0) is 9.59 Å². The Balaban J connectivity index is 1.62. The van der Waals surface area contributed by atoms with E-state index in [2.05, 4.69) is 10.3 Å². The molecule has 2 heterocycles. The summed E-state index contributed by atoms with van der Waals surface area (Å²) >= 11 is 2.90. The number of hydrogen-bond acceptors (Lipinski definition) is 5. The van der Waals surface area contributed by atoms with E-state index in [1.54, 1.807) is 4.90 Å². The second kappa shape index (κ2) is 6.28.